The Morgan fingerprint density at radius 3 is 3.00 bits per heavy atom. The quantitative estimate of drug-likeness (QED) is 0.889. The molecule has 0 aromatic carbocycles. The molecule has 0 aliphatic heterocycles. The molecule has 0 spiro atoms. The topological polar surface area (TPSA) is 60.2 Å². The van der Waals surface area contributed by atoms with E-state index in [9.17, 15) is 5.11 Å². The first-order valence-corrected chi connectivity index (χ1v) is 7.16. The minimum absolute atomic E-state index is 0.433. The van der Waals surface area contributed by atoms with Crippen LogP contribution in [0.4, 0.5) is 0 Å². The number of hydrogen-bond donors (Lipinski definition) is 1. The van der Waals surface area contributed by atoms with E-state index < -0.39 is 6.10 Å². The summed E-state index contributed by atoms with van der Waals surface area (Å²) in [7, 11) is 1.62. The van der Waals surface area contributed by atoms with Crippen LogP contribution in [0.3, 0.4) is 0 Å². The van der Waals surface area contributed by atoms with Crippen LogP contribution in [-0.2, 0) is 17.7 Å². The minimum Gasteiger partial charge on any atom is -0.386 e. The second kappa shape index (κ2) is 6.47. The van der Waals surface area contributed by atoms with Crippen molar-refractivity contribution in [3.8, 4) is 0 Å². The summed E-state index contributed by atoms with van der Waals surface area (Å²) in [6.07, 6.45) is 1.26. The normalized spacial score (nSPS) is 12.8. The predicted molar refractivity (Wildman–Crippen MR) is 74.6 cm³/mol. The van der Waals surface area contributed by atoms with E-state index in [2.05, 4.69) is 10.1 Å². The number of nitrogens with zero attached hydrogens (tertiary/aromatic N) is 3. The summed E-state index contributed by atoms with van der Waals surface area (Å²) in [5, 5.41) is 17.9. The highest BCUT2D eigenvalue weighted by Crippen LogP contribution is 2.26. The van der Waals surface area contributed by atoms with Crippen LogP contribution in [0.5, 0.6) is 0 Å². The van der Waals surface area contributed by atoms with E-state index in [0.29, 0.717) is 30.3 Å². The molecule has 0 bridgehead atoms. The molecule has 1 atom stereocenters. The summed E-state index contributed by atoms with van der Waals surface area (Å²) in [5.41, 5.74) is 1.48. The second-order valence-electron chi connectivity index (χ2n) is 4.17. The molecule has 0 aliphatic rings. The fraction of sp³-hybridized carbons (Fsp3) is 0.500. The number of thiazole rings is 1. The van der Waals surface area contributed by atoms with Crippen LogP contribution in [-0.4, -0.2) is 33.6 Å². The van der Waals surface area contributed by atoms with Gasteiger partial charge in [-0.3, -0.25) is 4.68 Å². The van der Waals surface area contributed by atoms with Gasteiger partial charge in [-0.05, 0) is 6.92 Å². The van der Waals surface area contributed by atoms with Crippen molar-refractivity contribution in [2.45, 2.75) is 26.0 Å². The second-order valence-corrected chi connectivity index (χ2v) is 5.64. The molecule has 2 heterocycles. The van der Waals surface area contributed by atoms with E-state index in [1.807, 2.05) is 12.3 Å². The predicted octanol–water partition coefficient (Wildman–Crippen LogP) is 2.22. The third-order valence-electron chi connectivity index (χ3n) is 2.73. The molecular formula is C12H16ClN3O2S. The third-order valence-corrected chi connectivity index (χ3v) is 3.84. The van der Waals surface area contributed by atoms with Gasteiger partial charge < -0.3 is 9.84 Å². The van der Waals surface area contributed by atoms with Gasteiger partial charge in [0.25, 0.3) is 0 Å². The summed E-state index contributed by atoms with van der Waals surface area (Å²) in [6.45, 7) is 3.02. The van der Waals surface area contributed by atoms with Gasteiger partial charge in [-0.15, -0.1) is 11.3 Å². The van der Waals surface area contributed by atoms with E-state index in [1.54, 1.807) is 29.3 Å². The minimum atomic E-state index is -0.714. The van der Waals surface area contributed by atoms with Crippen molar-refractivity contribution in [2.24, 2.45) is 0 Å². The molecule has 0 fully saturated rings. The fourth-order valence-corrected chi connectivity index (χ4v) is 2.75. The van der Waals surface area contributed by atoms with Crippen LogP contribution >= 0.6 is 22.9 Å². The Kier molecular flexibility index (Phi) is 4.93. The third kappa shape index (κ3) is 3.54. The average molecular weight is 302 g/mol. The molecule has 104 valence electrons. The van der Waals surface area contributed by atoms with Crippen LogP contribution in [0.15, 0.2) is 11.6 Å². The molecule has 0 saturated carbocycles. The number of aliphatic hydroxyl groups is 1. The molecule has 2 aromatic heterocycles. The maximum absolute atomic E-state index is 10.3. The first-order chi connectivity index (χ1) is 9.11. The van der Waals surface area contributed by atoms with E-state index in [1.165, 1.54) is 0 Å². The van der Waals surface area contributed by atoms with Crippen molar-refractivity contribution >= 4 is 22.9 Å². The first-order valence-electron chi connectivity index (χ1n) is 5.91. The molecule has 2 aromatic rings. The highest BCUT2D eigenvalue weighted by Gasteiger charge is 2.19. The first kappa shape index (κ1) is 14.5. The Hall–Kier alpha value is -0.950. The summed E-state index contributed by atoms with van der Waals surface area (Å²) in [5.74, 6) is 0. The number of rotatable bonds is 6. The summed E-state index contributed by atoms with van der Waals surface area (Å²) in [6, 6.07) is 0. The van der Waals surface area contributed by atoms with Crippen LogP contribution in [0.2, 0.25) is 5.02 Å². The maximum Gasteiger partial charge on any atom is 0.103 e. The molecule has 1 unspecified atom stereocenters. The monoisotopic (exact) mass is 301 g/mol. The molecule has 5 nitrogen and oxygen atoms in total. The molecule has 0 saturated heterocycles. The average Bonchev–Trinajstić information content (AvgIpc) is 2.93. The zero-order valence-corrected chi connectivity index (χ0v) is 12.4. The molecule has 2 rings (SSSR count). The SMILES string of the molecule is COCCn1ncc(Cl)c1C(O)Cc1csc(C)n1. The Balaban J connectivity index is 2.13. The van der Waals surface area contributed by atoms with Crippen molar-refractivity contribution in [2.75, 3.05) is 13.7 Å². The van der Waals surface area contributed by atoms with Gasteiger partial charge in [0, 0.05) is 18.9 Å². The fourth-order valence-electron chi connectivity index (χ4n) is 1.86. The van der Waals surface area contributed by atoms with Crippen molar-refractivity contribution < 1.29 is 9.84 Å². The lowest BCUT2D eigenvalue weighted by molar-refractivity contribution is 0.152. The molecule has 0 aliphatic carbocycles. The van der Waals surface area contributed by atoms with Gasteiger partial charge in [-0.1, -0.05) is 11.6 Å². The van der Waals surface area contributed by atoms with Crippen molar-refractivity contribution in [1.29, 1.82) is 0 Å². The van der Waals surface area contributed by atoms with Crippen LogP contribution in [0, 0.1) is 6.92 Å². The number of methoxy groups -OCH3 is 1. The number of aliphatic hydroxyl groups excluding tert-OH is 1. The molecule has 7 heteroatoms. The summed E-state index contributed by atoms with van der Waals surface area (Å²) < 4.78 is 6.69. The van der Waals surface area contributed by atoms with Gasteiger partial charge in [0.1, 0.15) is 6.10 Å². The molecule has 19 heavy (non-hydrogen) atoms. The molecule has 0 amide bonds. The molecular weight excluding hydrogens is 286 g/mol. The highest BCUT2D eigenvalue weighted by atomic mass is 35.5. The van der Waals surface area contributed by atoms with E-state index >= 15 is 0 Å². The smallest absolute Gasteiger partial charge is 0.103 e. The van der Waals surface area contributed by atoms with Crippen LogP contribution < -0.4 is 0 Å². The lowest BCUT2D eigenvalue weighted by Crippen LogP contribution is -2.14. The zero-order chi connectivity index (χ0) is 13.8. The van der Waals surface area contributed by atoms with E-state index in [-0.39, 0.29) is 0 Å². The van der Waals surface area contributed by atoms with Crippen molar-refractivity contribution in [3.63, 3.8) is 0 Å². The Morgan fingerprint density at radius 2 is 2.37 bits per heavy atom. The summed E-state index contributed by atoms with van der Waals surface area (Å²) in [4.78, 5) is 4.34. The zero-order valence-electron chi connectivity index (χ0n) is 10.8. The number of hydrogen-bond acceptors (Lipinski definition) is 5. The van der Waals surface area contributed by atoms with Crippen LogP contribution in [0.1, 0.15) is 22.5 Å². The van der Waals surface area contributed by atoms with Gasteiger partial charge in [0.2, 0.25) is 0 Å². The lowest BCUT2D eigenvalue weighted by atomic mass is 10.1. The number of aryl methyl sites for hydroxylation is 1. The van der Waals surface area contributed by atoms with Gasteiger partial charge in [-0.25, -0.2) is 4.98 Å². The van der Waals surface area contributed by atoms with Crippen LogP contribution in [0.25, 0.3) is 0 Å². The van der Waals surface area contributed by atoms with Gasteiger partial charge in [0.05, 0.1) is 40.8 Å². The Morgan fingerprint density at radius 1 is 1.58 bits per heavy atom. The standard InChI is InChI=1S/C12H16ClN3O2S/c1-8-15-9(7-19-8)5-11(17)12-10(13)6-14-16(12)3-4-18-2/h6-7,11,17H,3-5H2,1-2H3. The van der Waals surface area contributed by atoms with Gasteiger partial charge >= 0.3 is 0 Å². The number of aromatic nitrogens is 3. The largest absolute Gasteiger partial charge is 0.386 e. The van der Waals surface area contributed by atoms with Crippen molar-refractivity contribution in [1.82, 2.24) is 14.8 Å². The Bertz CT molecular complexity index is 541. The van der Waals surface area contributed by atoms with E-state index in [4.69, 9.17) is 16.3 Å². The highest BCUT2D eigenvalue weighted by molar-refractivity contribution is 7.09. The number of halogens is 1. The lowest BCUT2D eigenvalue weighted by Gasteiger charge is -2.13. The van der Waals surface area contributed by atoms with E-state index in [0.717, 1.165) is 10.7 Å². The summed E-state index contributed by atoms with van der Waals surface area (Å²) >= 11 is 7.66. The molecule has 0 radical (unpaired) electrons. The van der Waals surface area contributed by atoms with Gasteiger partial charge in [0.15, 0.2) is 0 Å². The Labute approximate surface area is 120 Å². The van der Waals surface area contributed by atoms with Crippen molar-refractivity contribution in [3.05, 3.63) is 33.0 Å². The maximum atomic E-state index is 10.3. The molecule has 1 N–H and O–H groups in total. The van der Waals surface area contributed by atoms with Gasteiger partial charge in [-0.2, -0.15) is 5.10 Å². The number of ether oxygens (including phenoxy) is 1.